The summed E-state index contributed by atoms with van der Waals surface area (Å²) < 4.78 is 2.10. The Morgan fingerprint density at radius 2 is 2.11 bits per heavy atom. The molecule has 2 aromatic heterocycles. The van der Waals surface area contributed by atoms with E-state index in [1.54, 1.807) is 0 Å². The lowest BCUT2D eigenvalue weighted by atomic mass is 10.0. The average Bonchev–Trinajstić information content (AvgIpc) is 2.87. The molecule has 0 bridgehead atoms. The number of nitrogens with one attached hydrogen (secondary N) is 1. The third-order valence-corrected chi connectivity index (χ3v) is 3.68. The van der Waals surface area contributed by atoms with Gasteiger partial charge in [-0.3, -0.25) is 4.98 Å². The van der Waals surface area contributed by atoms with Crippen molar-refractivity contribution >= 4 is 16.7 Å². The quantitative estimate of drug-likeness (QED) is 0.722. The summed E-state index contributed by atoms with van der Waals surface area (Å²) in [5.74, 6) is 1.12. The van der Waals surface area contributed by atoms with Gasteiger partial charge in [0.05, 0.1) is 11.6 Å². The molecular formula is C15H14N4. The number of benzene rings is 1. The Balaban J connectivity index is 1.91. The summed E-state index contributed by atoms with van der Waals surface area (Å²) in [6, 6.07) is 12.6. The van der Waals surface area contributed by atoms with Gasteiger partial charge in [-0.15, -0.1) is 0 Å². The van der Waals surface area contributed by atoms with Gasteiger partial charge < -0.3 is 5.32 Å². The number of rotatable bonds is 1. The van der Waals surface area contributed by atoms with E-state index in [1.165, 1.54) is 10.9 Å². The second kappa shape index (κ2) is 4.09. The van der Waals surface area contributed by atoms with E-state index in [1.807, 2.05) is 24.5 Å². The fourth-order valence-corrected chi connectivity index (χ4v) is 2.78. The highest BCUT2D eigenvalue weighted by Gasteiger charge is 2.24. The summed E-state index contributed by atoms with van der Waals surface area (Å²) in [6.45, 7) is 0.968. The van der Waals surface area contributed by atoms with Gasteiger partial charge in [0.25, 0.3) is 0 Å². The van der Waals surface area contributed by atoms with Gasteiger partial charge in [-0.2, -0.15) is 5.10 Å². The summed E-state index contributed by atoms with van der Waals surface area (Å²) in [6.07, 6.45) is 4.78. The fourth-order valence-electron chi connectivity index (χ4n) is 2.78. The van der Waals surface area contributed by atoms with Crippen molar-refractivity contribution in [3.05, 3.63) is 54.4 Å². The molecule has 0 amide bonds. The second-order valence-electron chi connectivity index (χ2n) is 4.83. The highest BCUT2D eigenvalue weighted by Crippen LogP contribution is 2.33. The minimum Gasteiger partial charge on any atom is -0.370 e. The van der Waals surface area contributed by atoms with Crippen LogP contribution in [0.15, 0.2) is 48.8 Å². The Hall–Kier alpha value is -2.36. The molecule has 4 nitrogen and oxygen atoms in total. The Labute approximate surface area is 111 Å². The number of nitrogens with zero attached hydrogens (tertiary/aromatic N) is 3. The number of anilines is 1. The molecule has 19 heavy (non-hydrogen) atoms. The van der Waals surface area contributed by atoms with Crippen LogP contribution in [0.3, 0.4) is 0 Å². The van der Waals surface area contributed by atoms with Crippen molar-refractivity contribution in [1.29, 1.82) is 0 Å². The smallest absolute Gasteiger partial charge is 0.132 e. The van der Waals surface area contributed by atoms with Gasteiger partial charge in [-0.1, -0.05) is 18.2 Å². The average molecular weight is 250 g/mol. The standard InChI is InChI=1S/C15H14N4/c1-2-6-13-12(5-1)15-17-9-7-14(19(15)18-13)11-4-3-8-16-10-11/h1-6,8,10,14,17H,7,9H2. The van der Waals surface area contributed by atoms with E-state index in [2.05, 4.69) is 39.2 Å². The molecule has 1 N–H and O–H groups in total. The number of hydrogen-bond acceptors (Lipinski definition) is 3. The van der Waals surface area contributed by atoms with Gasteiger partial charge in [0.2, 0.25) is 0 Å². The second-order valence-corrected chi connectivity index (χ2v) is 4.83. The van der Waals surface area contributed by atoms with Crippen molar-refractivity contribution in [2.75, 3.05) is 11.9 Å². The zero-order chi connectivity index (χ0) is 12.7. The minimum atomic E-state index is 0.275. The Morgan fingerprint density at radius 1 is 1.16 bits per heavy atom. The van der Waals surface area contributed by atoms with Crippen LogP contribution in [-0.2, 0) is 0 Å². The molecule has 0 aliphatic carbocycles. The molecule has 1 aliphatic rings. The number of hydrogen-bond donors (Lipinski definition) is 1. The number of aromatic nitrogens is 3. The van der Waals surface area contributed by atoms with Crippen LogP contribution in [0, 0.1) is 0 Å². The van der Waals surface area contributed by atoms with Crippen molar-refractivity contribution in [2.45, 2.75) is 12.5 Å². The van der Waals surface area contributed by atoms with E-state index < -0.39 is 0 Å². The van der Waals surface area contributed by atoms with E-state index in [4.69, 9.17) is 5.10 Å². The maximum atomic E-state index is 4.74. The molecule has 4 rings (SSSR count). The molecule has 1 unspecified atom stereocenters. The summed E-state index contributed by atoms with van der Waals surface area (Å²) in [4.78, 5) is 4.23. The molecule has 1 aliphatic heterocycles. The third kappa shape index (κ3) is 1.60. The molecule has 1 aromatic carbocycles. The molecule has 0 fully saturated rings. The van der Waals surface area contributed by atoms with Gasteiger partial charge in [0.15, 0.2) is 0 Å². The van der Waals surface area contributed by atoms with E-state index in [0.717, 1.165) is 24.3 Å². The fraction of sp³-hybridized carbons (Fsp3) is 0.200. The molecule has 0 spiro atoms. The number of fused-ring (bicyclic) bond motifs is 3. The third-order valence-electron chi connectivity index (χ3n) is 3.68. The van der Waals surface area contributed by atoms with Gasteiger partial charge in [0, 0.05) is 24.3 Å². The van der Waals surface area contributed by atoms with Crippen LogP contribution in [0.4, 0.5) is 5.82 Å². The first kappa shape index (κ1) is 10.6. The summed E-state index contributed by atoms with van der Waals surface area (Å²) in [5, 5.41) is 9.39. The molecule has 3 aromatic rings. The lowest BCUT2D eigenvalue weighted by Crippen LogP contribution is -2.24. The van der Waals surface area contributed by atoms with Crippen LogP contribution >= 0.6 is 0 Å². The molecule has 0 saturated heterocycles. The predicted octanol–water partition coefficient (Wildman–Crippen LogP) is 2.84. The number of pyridine rings is 1. The SMILES string of the molecule is c1cncc(C2CCNc3c4ccccc4nn32)c1. The van der Waals surface area contributed by atoms with E-state index in [0.29, 0.717) is 0 Å². The molecule has 94 valence electrons. The molecule has 1 atom stereocenters. The zero-order valence-corrected chi connectivity index (χ0v) is 10.5. The van der Waals surface area contributed by atoms with Crippen LogP contribution in [0.2, 0.25) is 0 Å². The Bertz CT molecular complexity index is 717. The van der Waals surface area contributed by atoms with Crippen molar-refractivity contribution in [3.8, 4) is 0 Å². The van der Waals surface area contributed by atoms with Crippen LogP contribution in [0.1, 0.15) is 18.0 Å². The first-order chi connectivity index (χ1) is 9.43. The largest absolute Gasteiger partial charge is 0.370 e. The van der Waals surface area contributed by atoms with Crippen molar-refractivity contribution in [1.82, 2.24) is 14.8 Å². The van der Waals surface area contributed by atoms with Crippen molar-refractivity contribution in [2.24, 2.45) is 0 Å². The summed E-state index contributed by atoms with van der Waals surface area (Å²) in [5.41, 5.74) is 2.26. The maximum Gasteiger partial charge on any atom is 0.132 e. The first-order valence-electron chi connectivity index (χ1n) is 6.54. The van der Waals surface area contributed by atoms with Crippen LogP contribution in [0.5, 0.6) is 0 Å². The molecular weight excluding hydrogens is 236 g/mol. The summed E-state index contributed by atoms with van der Waals surface area (Å²) in [7, 11) is 0. The van der Waals surface area contributed by atoms with Gasteiger partial charge in [0.1, 0.15) is 5.82 Å². The Morgan fingerprint density at radius 3 is 3.00 bits per heavy atom. The van der Waals surface area contributed by atoms with Gasteiger partial charge in [-0.25, -0.2) is 4.68 Å². The maximum absolute atomic E-state index is 4.74. The lowest BCUT2D eigenvalue weighted by molar-refractivity contribution is 0.484. The van der Waals surface area contributed by atoms with Gasteiger partial charge >= 0.3 is 0 Å². The summed E-state index contributed by atoms with van der Waals surface area (Å²) >= 11 is 0. The predicted molar refractivity (Wildman–Crippen MR) is 75.2 cm³/mol. The monoisotopic (exact) mass is 250 g/mol. The van der Waals surface area contributed by atoms with Crippen molar-refractivity contribution in [3.63, 3.8) is 0 Å². The van der Waals surface area contributed by atoms with E-state index >= 15 is 0 Å². The van der Waals surface area contributed by atoms with Crippen LogP contribution < -0.4 is 5.32 Å². The highest BCUT2D eigenvalue weighted by atomic mass is 15.4. The van der Waals surface area contributed by atoms with E-state index in [-0.39, 0.29) is 6.04 Å². The highest BCUT2D eigenvalue weighted by molar-refractivity contribution is 5.90. The molecule has 4 heteroatoms. The van der Waals surface area contributed by atoms with Crippen molar-refractivity contribution < 1.29 is 0 Å². The molecule has 3 heterocycles. The molecule has 0 saturated carbocycles. The van der Waals surface area contributed by atoms with E-state index in [9.17, 15) is 0 Å². The van der Waals surface area contributed by atoms with Crippen LogP contribution in [-0.4, -0.2) is 21.3 Å². The van der Waals surface area contributed by atoms with Gasteiger partial charge in [-0.05, 0) is 30.2 Å². The minimum absolute atomic E-state index is 0.275. The lowest BCUT2D eigenvalue weighted by Gasteiger charge is -2.25. The normalized spacial score (nSPS) is 18.0. The Kier molecular flexibility index (Phi) is 2.27. The topological polar surface area (TPSA) is 42.7 Å². The van der Waals surface area contributed by atoms with Crippen LogP contribution in [0.25, 0.3) is 10.9 Å². The first-order valence-corrected chi connectivity index (χ1v) is 6.54. The molecule has 0 radical (unpaired) electrons. The zero-order valence-electron chi connectivity index (χ0n) is 10.5.